The molecule has 3 aromatic rings. The zero-order chi connectivity index (χ0) is 28.5. The van der Waals surface area contributed by atoms with Gasteiger partial charge in [0.25, 0.3) is 5.92 Å². The molecule has 0 saturated carbocycles. The van der Waals surface area contributed by atoms with Gasteiger partial charge in [0, 0.05) is 55.9 Å². The number of halogens is 3. The molecule has 1 heterocycles. The highest BCUT2D eigenvalue weighted by Gasteiger charge is 2.30. The summed E-state index contributed by atoms with van der Waals surface area (Å²) in [5.41, 5.74) is 0.414. The van der Waals surface area contributed by atoms with Crippen LogP contribution < -0.4 is 15.4 Å². The fourth-order valence-electron chi connectivity index (χ4n) is 3.34. The molecule has 0 radical (unpaired) electrons. The zero-order valence-corrected chi connectivity index (χ0v) is 21.7. The van der Waals surface area contributed by atoms with Gasteiger partial charge in [-0.05, 0) is 37.3 Å². The first-order valence-corrected chi connectivity index (χ1v) is 11.8. The molecule has 2 unspecified atom stereocenters. The van der Waals surface area contributed by atoms with Crippen molar-refractivity contribution in [2.45, 2.75) is 46.9 Å². The third kappa shape index (κ3) is 8.12. The van der Waals surface area contributed by atoms with E-state index in [1.54, 1.807) is 0 Å². The first-order chi connectivity index (χ1) is 18.0. The molecule has 2 aromatic carbocycles. The molecule has 11 heteroatoms. The predicted octanol–water partition coefficient (Wildman–Crippen LogP) is 6.45. The third-order valence-electron chi connectivity index (χ3n) is 4.97. The summed E-state index contributed by atoms with van der Waals surface area (Å²) in [7, 11) is 0. The highest BCUT2D eigenvalue weighted by atomic mass is 19.3. The van der Waals surface area contributed by atoms with E-state index in [1.165, 1.54) is 68.8 Å². The van der Waals surface area contributed by atoms with E-state index in [9.17, 15) is 22.8 Å². The fraction of sp³-hybridized carbons (Fsp3) is 0.296. The van der Waals surface area contributed by atoms with Gasteiger partial charge in [0.1, 0.15) is 5.75 Å². The average molecular weight is 532 g/mol. The minimum Gasteiger partial charge on any atom is -0.460 e. The molecule has 2 amide bonds. The van der Waals surface area contributed by atoms with Crippen molar-refractivity contribution in [1.82, 2.24) is 9.97 Å². The maximum atomic E-state index is 13.6. The minimum absolute atomic E-state index is 0. The Morgan fingerprint density at radius 3 is 2.21 bits per heavy atom. The number of aromatic nitrogens is 2. The number of amides is 2. The minimum atomic E-state index is -3.12. The van der Waals surface area contributed by atoms with Gasteiger partial charge in [0.2, 0.25) is 18.2 Å². The Kier molecular flexibility index (Phi) is 10.5. The second-order valence-corrected chi connectivity index (χ2v) is 8.03. The summed E-state index contributed by atoms with van der Waals surface area (Å²) in [5.74, 6) is -6.19. The van der Waals surface area contributed by atoms with Crippen LogP contribution in [0.5, 0.6) is 5.75 Å². The van der Waals surface area contributed by atoms with Crippen LogP contribution in [0.2, 0.25) is 0 Å². The number of nitrogens with one attached hydrogen (secondary N) is 3. The van der Waals surface area contributed by atoms with Crippen molar-refractivity contribution in [3.63, 3.8) is 0 Å². The van der Waals surface area contributed by atoms with Crippen LogP contribution in [0.15, 0.2) is 61.1 Å². The number of carbonyl (C=O) groups is 2. The molecule has 0 aliphatic heterocycles. The molecule has 0 saturated heterocycles. The van der Waals surface area contributed by atoms with E-state index >= 15 is 0 Å². The topological polar surface area (TPSA) is 117 Å². The lowest BCUT2D eigenvalue weighted by atomic mass is 10.0. The summed E-state index contributed by atoms with van der Waals surface area (Å²) in [5, 5.41) is 12.9. The zero-order valence-electron chi connectivity index (χ0n) is 21.7. The summed E-state index contributed by atoms with van der Waals surface area (Å²) >= 11 is 0. The van der Waals surface area contributed by atoms with Crippen LogP contribution in [0.1, 0.15) is 41.6 Å². The SMILES string of the molecule is CC.CC(=N)C(C(=O)Nc1cccc(C(C)(F)F)c1)C(=O)Nc1ccc(OC(C)F)c(-c2cnccn2)c1.[HH]. The molecule has 0 aliphatic rings. The summed E-state index contributed by atoms with van der Waals surface area (Å²) in [6.45, 7) is 7.22. The number of nitrogens with zero attached hydrogens (tertiary/aromatic N) is 2. The van der Waals surface area contributed by atoms with E-state index in [4.69, 9.17) is 10.1 Å². The Morgan fingerprint density at radius 1 is 1.05 bits per heavy atom. The van der Waals surface area contributed by atoms with Crippen molar-refractivity contribution in [3.05, 3.63) is 66.6 Å². The number of anilines is 2. The van der Waals surface area contributed by atoms with Gasteiger partial charge < -0.3 is 20.8 Å². The molecule has 0 bridgehead atoms. The number of hydrogen-bond acceptors (Lipinski definition) is 6. The highest BCUT2D eigenvalue weighted by molar-refractivity contribution is 6.24. The van der Waals surface area contributed by atoms with E-state index in [1.807, 2.05) is 13.8 Å². The molecule has 3 rings (SSSR count). The lowest BCUT2D eigenvalue weighted by molar-refractivity contribution is -0.126. The number of benzene rings is 2. The number of hydrogen-bond donors (Lipinski definition) is 3. The van der Waals surface area contributed by atoms with Crippen molar-refractivity contribution < 1.29 is 28.9 Å². The van der Waals surface area contributed by atoms with Crippen LogP contribution in [0.25, 0.3) is 11.3 Å². The summed E-state index contributed by atoms with van der Waals surface area (Å²) in [6.07, 6.45) is 2.72. The molecular weight excluding hydrogens is 499 g/mol. The van der Waals surface area contributed by atoms with E-state index in [-0.39, 0.29) is 29.8 Å². The highest BCUT2D eigenvalue weighted by Crippen LogP contribution is 2.32. The smallest absolute Gasteiger partial charge is 0.270 e. The number of ether oxygens (including phenoxy) is 1. The first kappa shape index (κ1) is 29.9. The van der Waals surface area contributed by atoms with Crippen LogP contribution in [0, 0.1) is 11.3 Å². The molecule has 0 spiro atoms. The Morgan fingerprint density at radius 2 is 1.68 bits per heavy atom. The summed E-state index contributed by atoms with van der Waals surface area (Å²) in [6, 6.07) is 9.41. The molecule has 8 nitrogen and oxygen atoms in total. The lowest BCUT2D eigenvalue weighted by Crippen LogP contribution is -2.38. The Bertz CT molecular complexity index is 1270. The maximum Gasteiger partial charge on any atom is 0.270 e. The molecule has 3 N–H and O–H groups in total. The normalized spacial score (nSPS) is 12.3. The monoisotopic (exact) mass is 531 g/mol. The molecular formula is C27H32F3N5O3. The van der Waals surface area contributed by atoms with Gasteiger partial charge in [-0.3, -0.25) is 19.6 Å². The van der Waals surface area contributed by atoms with Crippen molar-refractivity contribution in [3.8, 4) is 17.0 Å². The molecule has 0 fully saturated rings. The molecule has 38 heavy (non-hydrogen) atoms. The molecule has 204 valence electrons. The van der Waals surface area contributed by atoms with Gasteiger partial charge in [-0.1, -0.05) is 26.0 Å². The molecule has 0 aliphatic carbocycles. The Balaban J connectivity index is 0.00000248. The quantitative estimate of drug-likeness (QED) is 0.217. The van der Waals surface area contributed by atoms with Crippen LogP contribution in [0.4, 0.5) is 24.5 Å². The summed E-state index contributed by atoms with van der Waals surface area (Å²) < 4.78 is 46.0. The van der Waals surface area contributed by atoms with Gasteiger partial charge in [-0.25, -0.2) is 13.2 Å². The average Bonchev–Trinajstić information content (AvgIpc) is 2.86. The van der Waals surface area contributed by atoms with Crippen LogP contribution in [0.3, 0.4) is 0 Å². The largest absolute Gasteiger partial charge is 0.460 e. The van der Waals surface area contributed by atoms with Crippen molar-refractivity contribution in [1.29, 1.82) is 5.41 Å². The standard InChI is InChI=1S/C25H24F3N5O3.C2H6.H2/c1-14(29)22(23(34)32-17-6-4-5-16(11-17)25(3,27)28)24(35)33-18-7-8-21(36-15(2)26)19(12-18)20-13-30-9-10-31-20;1-2;/h4-13,15,22,29H,1-3H3,(H,32,34)(H,33,35);1-2H3;1H. The second kappa shape index (κ2) is 13.3. The van der Waals surface area contributed by atoms with Crippen LogP contribution in [-0.2, 0) is 15.5 Å². The first-order valence-electron chi connectivity index (χ1n) is 11.8. The van der Waals surface area contributed by atoms with E-state index in [0.717, 1.165) is 13.0 Å². The fourth-order valence-corrected chi connectivity index (χ4v) is 3.34. The van der Waals surface area contributed by atoms with E-state index < -0.39 is 30.0 Å². The lowest BCUT2D eigenvalue weighted by Gasteiger charge is -2.18. The Labute approximate surface area is 220 Å². The van der Waals surface area contributed by atoms with Crippen molar-refractivity contribution >= 4 is 28.9 Å². The molecule has 2 atom stereocenters. The van der Waals surface area contributed by atoms with Gasteiger partial charge in [-0.2, -0.15) is 0 Å². The van der Waals surface area contributed by atoms with E-state index in [0.29, 0.717) is 11.3 Å². The Hall–Kier alpha value is -4.28. The summed E-state index contributed by atoms with van der Waals surface area (Å²) in [4.78, 5) is 34.0. The predicted molar refractivity (Wildman–Crippen MR) is 142 cm³/mol. The maximum absolute atomic E-state index is 13.6. The number of rotatable bonds is 9. The third-order valence-corrected chi connectivity index (χ3v) is 4.97. The second-order valence-electron chi connectivity index (χ2n) is 8.03. The van der Waals surface area contributed by atoms with E-state index in [2.05, 4.69) is 20.6 Å². The number of alkyl halides is 3. The van der Waals surface area contributed by atoms with Crippen molar-refractivity contribution in [2.75, 3.05) is 10.6 Å². The number of carbonyl (C=O) groups excluding carboxylic acids is 2. The van der Waals surface area contributed by atoms with Crippen molar-refractivity contribution in [2.24, 2.45) is 5.92 Å². The van der Waals surface area contributed by atoms with Gasteiger partial charge in [-0.15, -0.1) is 0 Å². The molecule has 1 aromatic heterocycles. The van der Waals surface area contributed by atoms with Gasteiger partial charge in [0.05, 0.1) is 11.9 Å². The van der Waals surface area contributed by atoms with Crippen LogP contribution >= 0.6 is 0 Å². The van der Waals surface area contributed by atoms with Crippen LogP contribution in [-0.4, -0.2) is 33.9 Å². The van der Waals surface area contributed by atoms with Gasteiger partial charge in [0.15, 0.2) is 5.92 Å². The van der Waals surface area contributed by atoms with Gasteiger partial charge >= 0.3 is 0 Å².